The van der Waals surface area contributed by atoms with E-state index in [1.54, 1.807) is 16.2 Å². The number of hydrogen-bond acceptors (Lipinski definition) is 4. The maximum absolute atomic E-state index is 12.8. The third-order valence-corrected chi connectivity index (χ3v) is 6.41. The molecule has 0 radical (unpaired) electrons. The minimum Gasteiger partial charge on any atom is -0.331 e. The van der Waals surface area contributed by atoms with Gasteiger partial charge in [-0.2, -0.15) is 0 Å². The highest BCUT2D eigenvalue weighted by Crippen LogP contribution is 2.34. The summed E-state index contributed by atoms with van der Waals surface area (Å²) in [5.74, 6) is -0.226. The number of nitrogens with two attached hydrogens (primary N) is 1. The van der Waals surface area contributed by atoms with Crippen LogP contribution in [0.1, 0.15) is 33.8 Å². The van der Waals surface area contributed by atoms with Gasteiger partial charge in [-0.25, -0.2) is 13.6 Å². The van der Waals surface area contributed by atoms with Gasteiger partial charge in [0.25, 0.3) is 5.91 Å². The van der Waals surface area contributed by atoms with Gasteiger partial charge in [-0.3, -0.25) is 4.79 Å². The van der Waals surface area contributed by atoms with Crippen molar-refractivity contribution in [3.63, 3.8) is 0 Å². The summed E-state index contributed by atoms with van der Waals surface area (Å²) in [6.07, 6.45) is 0.804. The first kappa shape index (κ1) is 16.4. The molecule has 8 heteroatoms. The molecule has 0 unspecified atom stereocenters. The van der Waals surface area contributed by atoms with Gasteiger partial charge in [0, 0.05) is 17.0 Å². The van der Waals surface area contributed by atoms with Gasteiger partial charge < -0.3 is 4.90 Å². The van der Waals surface area contributed by atoms with Crippen molar-refractivity contribution in [3.8, 4) is 0 Å². The second-order valence-electron chi connectivity index (χ2n) is 5.41. The first-order valence-corrected chi connectivity index (χ1v) is 9.79. The van der Waals surface area contributed by atoms with Crippen LogP contribution in [0.25, 0.3) is 0 Å². The Morgan fingerprint density at radius 1 is 1.39 bits per heavy atom. The summed E-state index contributed by atoms with van der Waals surface area (Å²) in [4.78, 5) is 15.6. The third-order valence-electron chi connectivity index (χ3n) is 4.02. The van der Waals surface area contributed by atoms with E-state index in [0.29, 0.717) is 6.54 Å². The van der Waals surface area contributed by atoms with Crippen LogP contribution in [0.15, 0.2) is 34.5 Å². The Balaban J connectivity index is 1.96. The van der Waals surface area contributed by atoms with E-state index in [4.69, 9.17) is 16.7 Å². The maximum Gasteiger partial charge on any atom is 0.254 e. The van der Waals surface area contributed by atoms with E-state index in [1.807, 2.05) is 18.4 Å². The summed E-state index contributed by atoms with van der Waals surface area (Å²) in [7, 11) is -3.97. The molecule has 2 N–H and O–H groups in total. The Morgan fingerprint density at radius 3 is 2.83 bits per heavy atom. The molecule has 23 heavy (non-hydrogen) atoms. The molecular weight excluding hydrogens is 356 g/mol. The number of carbonyl (C=O) groups is 1. The van der Waals surface area contributed by atoms with E-state index in [2.05, 4.69) is 0 Å². The fourth-order valence-corrected chi connectivity index (χ4v) is 4.84. The van der Waals surface area contributed by atoms with Gasteiger partial charge in [0.05, 0.1) is 11.1 Å². The molecule has 3 rings (SSSR count). The quantitative estimate of drug-likeness (QED) is 0.882. The fourth-order valence-electron chi connectivity index (χ4n) is 2.81. The summed E-state index contributed by atoms with van der Waals surface area (Å²) in [5, 5.41) is 7.18. The van der Waals surface area contributed by atoms with Crippen LogP contribution >= 0.6 is 22.9 Å². The number of fused-ring (bicyclic) bond motifs is 1. The normalized spacial score (nSPS) is 17.9. The topological polar surface area (TPSA) is 80.5 Å². The number of amides is 1. The number of halogens is 1. The summed E-state index contributed by atoms with van der Waals surface area (Å²) < 4.78 is 23.1. The molecule has 0 aliphatic carbocycles. The molecule has 1 aromatic heterocycles. The molecule has 2 heterocycles. The van der Waals surface area contributed by atoms with Gasteiger partial charge in [-0.1, -0.05) is 11.6 Å². The van der Waals surface area contributed by atoms with Crippen molar-refractivity contribution in [2.24, 2.45) is 5.14 Å². The van der Waals surface area contributed by atoms with E-state index in [0.717, 1.165) is 12.0 Å². The predicted octanol–water partition coefficient (Wildman–Crippen LogP) is 2.81. The third kappa shape index (κ3) is 3.01. The molecule has 1 atom stereocenters. The average Bonchev–Trinajstić information content (AvgIpc) is 2.95. The number of nitrogens with zero attached hydrogens (tertiary/aromatic N) is 1. The van der Waals surface area contributed by atoms with Crippen molar-refractivity contribution in [1.29, 1.82) is 0 Å². The van der Waals surface area contributed by atoms with Gasteiger partial charge in [-0.05, 0) is 48.6 Å². The summed E-state index contributed by atoms with van der Waals surface area (Å²) >= 11 is 7.56. The highest BCUT2D eigenvalue weighted by molar-refractivity contribution is 7.89. The smallest absolute Gasteiger partial charge is 0.254 e. The van der Waals surface area contributed by atoms with Gasteiger partial charge in [-0.15, -0.1) is 11.3 Å². The number of rotatable bonds is 2. The fraction of sp³-hybridized carbons (Fsp3) is 0.267. The largest absolute Gasteiger partial charge is 0.331 e. The van der Waals surface area contributed by atoms with Crippen molar-refractivity contribution >= 4 is 38.9 Å². The van der Waals surface area contributed by atoms with E-state index < -0.39 is 10.0 Å². The van der Waals surface area contributed by atoms with Gasteiger partial charge in [0.15, 0.2) is 0 Å². The second kappa shape index (κ2) is 5.90. The minimum atomic E-state index is -3.97. The lowest BCUT2D eigenvalue weighted by Gasteiger charge is -2.33. The van der Waals surface area contributed by atoms with Crippen molar-refractivity contribution in [2.75, 3.05) is 6.54 Å². The molecule has 0 saturated heterocycles. The lowest BCUT2D eigenvalue weighted by atomic mass is 10.0. The van der Waals surface area contributed by atoms with Crippen LogP contribution in [0.4, 0.5) is 0 Å². The predicted molar refractivity (Wildman–Crippen MR) is 90.3 cm³/mol. The highest BCUT2D eigenvalue weighted by Gasteiger charge is 2.29. The number of primary sulfonamides is 1. The maximum atomic E-state index is 12.8. The lowest BCUT2D eigenvalue weighted by Crippen LogP contribution is -2.38. The zero-order valence-electron chi connectivity index (χ0n) is 12.3. The van der Waals surface area contributed by atoms with E-state index >= 15 is 0 Å². The Kier molecular flexibility index (Phi) is 4.22. The Morgan fingerprint density at radius 2 is 2.13 bits per heavy atom. The molecule has 122 valence electrons. The van der Waals surface area contributed by atoms with Crippen molar-refractivity contribution in [3.05, 3.63) is 50.7 Å². The number of thiophene rings is 1. The highest BCUT2D eigenvalue weighted by atomic mass is 35.5. The minimum absolute atomic E-state index is 0.0101. The molecule has 0 bridgehead atoms. The molecule has 1 aliphatic rings. The second-order valence-corrected chi connectivity index (χ2v) is 8.35. The van der Waals surface area contributed by atoms with Crippen molar-refractivity contribution in [1.82, 2.24) is 4.90 Å². The standard InChI is InChI=1S/C15H15ClN2O3S2/c1-9-11-5-7-22-13(11)4-6-18(9)15(19)10-2-3-12(16)14(8-10)23(17,20)21/h2-3,5,7-9H,4,6H2,1H3,(H2,17,20,21)/t9-/m0/s1. The van der Waals surface area contributed by atoms with Gasteiger partial charge in [0.2, 0.25) is 10.0 Å². The molecule has 0 spiro atoms. The number of benzene rings is 1. The first-order valence-electron chi connectivity index (χ1n) is 6.98. The molecular formula is C15H15ClN2O3S2. The molecule has 5 nitrogen and oxygen atoms in total. The van der Waals surface area contributed by atoms with Crippen LogP contribution in [0.2, 0.25) is 5.02 Å². The number of hydrogen-bond donors (Lipinski definition) is 1. The van der Waals surface area contributed by atoms with Gasteiger partial charge in [0.1, 0.15) is 4.90 Å². The molecule has 2 aromatic rings. The molecule has 0 saturated carbocycles. The average molecular weight is 371 g/mol. The summed E-state index contributed by atoms with van der Waals surface area (Å²) in [5.41, 5.74) is 1.42. The molecule has 1 aromatic carbocycles. The van der Waals surface area contributed by atoms with Crippen LogP contribution in [0, 0.1) is 0 Å². The van der Waals surface area contributed by atoms with Gasteiger partial charge >= 0.3 is 0 Å². The molecule has 1 amide bonds. The van der Waals surface area contributed by atoms with Crippen molar-refractivity contribution < 1.29 is 13.2 Å². The van der Waals surface area contributed by atoms with Crippen LogP contribution in [0.5, 0.6) is 0 Å². The van der Waals surface area contributed by atoms with E-state index in [1.165, 1.54) is 23.1 Å². The van der Waals surface area contributed by atoms with Crippen LogP contribution in [-0.2, 0) is 16.4 Å². The van der Waals surface area contributed by atoms with E-state index in [-0.39, 0.29) is 27.4 Å². The summed E-state index contributed by atoms with van der Waals surface area (Å²) in [6.45, 7) is 2.57. The lowest BCUT2D eigenvalue weighted by molar-refractivity contribution is 0.0679. The van der Waals surface area contributed by atoms with Crippen LogP contribution in [0.3, 0.4) is 0 Å². The zero-order valence-corrected chi connectivity index (χ0v) is 14.7. The molecule has 0 fully saturated rings. The van der Waals surface area contributed by atoms with Crippen LogP contribution in [-0.4, -0.2) is 25.8 Å². The zero-order chi connectivity index (χ0) is 16.8. The molecule has 1 aliphatic heterocycles. The SMILES string of the molecule is C[C@H]1c2ccsc2CCN1C(=O)c1ccc(Cl)c(S(N)(=O)=O)c1. The number of sulfonamides is 1. The Bertz CT molecular complexity index is 877. The van der Waals surface area contributed by atoms with Crippen molar-refractivity contribution in [2.45, 2.75) is 24.3 Å². The van der Waals surface area contributed by atoms with Crippen LogP contribution < -0.4 is 5.14 Å². The Labute approximate surface area is 143 Å². The monoisotopic (exact) mass is 370 g/mol. The summed E-state index contributed by atoms with van der Waals surface area (Å²) in [6, 6.07) is 6.14. The van der Waals surface area contributed by atoms with E-state index in [9.17, 15) is 13.2 Å². The first-order chi connectivity index (χ1) is 10.8. The number of carbonyl (C=O) groups excluding carboxylic acids is 1. The Hall–Kier alpha value is -1.41.